The van der Waals surface area contributed by atoms with Crippen LogP contribution in [0.4, 0.5) is 0 Å². The van der Waals surface area contributed by atoms with Crippen molar-refractivity contribution in [1.29, 1.82) is 0 Å². The SMILES string of the molecule is CCCCCCC(Cl)c1ccc(Br)s1. The van der Waals surface area contributed by atoms with Gasteiger partial charge in [-0.2, -0.15) is 0 Å². The lowest BCUT2D eigenvalue weighted by molar-refractivity contribution is 0.626. The standard InChI is InChI=1S/C11H16BrClS/c1-2-3-4-5-6-9(13)10-7-8-11(12)14-10/h7-9H,2-6H2,1H3. The molecule has 0 N–H and O–H groups in total. The number of unbranched alkanes of at least 4 members (excludes halogenated alkanes) is 3. The number of hydrogen-bond donors (Lipinski definition) is 0. The highest BCUT2D eigenvalue weighted by atomic mass is 79.9. The average molecular weight is 296 g/mol. The molecule has 1 unspecified atom stereocenters. The molecule has 0 fully saturated rings. The second-order valence-corrected chi connectivity index (χ2v) is 6.48. The van der Waals surface area contributed by atoms with E-state index < -0.39 is 0 Å². The molecule has 3 heteroatoms. The van der Waals surface area contributed by atoms with E-state index in [9.17, 15) is 0 Å². The van der Waals surface area contributed by atoms with Gasteiger partial charge >= 0.3 is 0 Å². The van der Waals surface area contributed by atoms with Crippen LogP contribution < -0.4 is 0 Å². The smallest absolute Gasteiger partial charge is 0.0701 e. The summed E-state index contributed by atoms with van der Waals surface area (Å²) in [4.78, 5) is 1.29. The Morgan fingerprint density at radius 3 is 2.71 bits per heavy atom. The summed E-state index contributed by atoms with van der Waals surface area (Å²) in [6, 6.07) is 4.19. The lowest BCUT2D eigenvalue weighted by Crippen LogP contribution is -1.86. The molecule has 0 saturated carbocycles. The molecule has 0 bridgehead atoms. The second kappa shape index (κ2) is 6.86. The van der Waals surface area contributed by atoms with Gasteiger partial charge in [-0.25, -0.2) is 0 Å². The Hall–Kier alpha value is 0.470. The first-order chi connectivity index (χ1) is 6.74. The first-order valence-electron chi connectivity index (χ1n) is 5.13. The molecule has 1 heterocycles. The fourth-order valence-corrected chi connectivity index (χ4v) is 3.19. The molecule has 0 aliphatic heterocycles. The van der Waals surface area contributed by atoms with Crippen molar-refractivity contribution in [3.05, 3.63) is 20.8 Å². The van der Waals surface area contributed by atoms with Gasteiger partial charge in [-0.1, -0.05) is 32.6 Å². The van der Waals surface area contributed by atoms with Gasteiger partial charge in [0, 0.05) is 4.88 Å². The zero-order valence-electron chi connectivity index (χ0n) is 8.43. The summed E-state index contributed by atoms with van der Waals surface area (Å²) >= 11 is 11.5. The van der Waals surface area contributed by atoms with E-state index in [2.05, 4.69) is 35.0 Å². The molecule has 0 aliphatic rings. The van der Waals surface area contributed by atoms with Gasteiger partial charge in [0.05, 0.1) is 9.16 Å². The van der Waals surface area contributed by atoms with Crippen LogP contribution in [0.1, 0.15) is 49.3 Å². The summed E-state index contributed by atoms with van der Waals surface area (Å²) in [5.74, 6) is 0. The Kier molecular flexibility index (Phi) is 6.15. The molecule has 0 aromatic carbocycles. The molecule has 1 aromatic rings. The molecule has 1 rings (SSSR count). The first-order valence-corrected chi connectivity index (χ1v) is 7.18. The third kappa shape index (κ3) is 4.33. The van der Waals surface area contributed by atoms with Crippen LogP contribution in [0.5, 0.6) is 0 Å². The Balaban J connectivity index is 2.25. The van der Waals surface area contributed by atoms with Crippen LogP contribution in [0.3, 0.4) is 0 Å². The van der Waals surface area contributed by atoms with Crippen LogP contribution in [0.2, 0.25) is 0 Å². The van der Waals surface area contributed by atoms with Crippen molar-refractivity contribution in [2.75, 3.05) is 0 Å². The summed E-state index contributed by atoms with van der Waals surface area (Å²) < 4.78 is 1.17. The van der Waals surface area contributed by atoms with E-state index in [-0.39, 0.29) is 5.38 Å². The maximum atomic E-state index is 6.29. The zero-order valence-corrected chi connectivity index (χ0v) is 11.6. The highest BCUT2D eigenvalue weighted by Gasteiger charge is 2.09. The Bertz CT molecular complexity index is 260. The molecule has 1 atom stereocenters. The molecule has 0 radical (unpaired) electrons. The van der Waals surface area contributed by atoms with Gasteiger partial charge in [-0.05, 0) is 34.5 Å². The maximum Gasteiger partial charge on any atom is 0.0701 e. The van der Waals surface area contributed by atoms with Crippen LogP contribution in [-0.4, -0.2) is 0 Å². The molecule has 0 spiro atoms. The topological polar surface area (TPSA) is 0 Å². The van der Waals surface area contributed by atoms with Gasteiger partial charge in [0.2, 0.25) is 0 Å². The zero-order chi connectivity index (χ0) is 10.4. The van der Waals surface area contributed by atoms with Crippen molar-refractivity contribution in [1.82, 2.24) is 0 Å². The van der Waals surface area contributed by atoms with Crippen molar-refractivity contribution in [3.63, 3.8) is 0 Å². The third-order valence-corrected chi connectivity index (χ3v) is 4.53. The lowest BCUT2D eigenvalue weighted by atomic mass is 10.1. The summed E-state index contributed by atoms with van der Waals surface area (Å²) in [6.45, 7) is 2.23. The quantitative estimate of drug-likeness (QED) is 0.462. The van der Waals surface area contributed by atoms with Crippen molar-refractivity contribution in [3.8, 4) is 0 Å². The maximum absolute atomic E-state index is 6.29. The van der Waals surface area contributed by atoms with Crippen molar-refractivity contribution in [2.24, 2.45) is 0 Å². The van der Waals surface area contributed by atoms with E-state index in [1.54, 1.807) is 11.3 Å². The fraction of sp³-hybridized carbons (Fsp3) is 0.636. The monoisotopic (exact) mass is 294 g/mol. The number of hydrogen-bond acceptors (Lipinski definition) is 1. The largest absolute Gasteiger partial charge is 0.132 e. The van der Waals surface area contributed by atoms with Crippen LogP contribution in [0, 0.1) is 0 Å². The Morgan fingerprint density at radius 2 is 2.14 bits per heavy atom. The van der Waals surface area contributed by atoms with E-state index in [0.29, 0.717) is 0 Å². The molecule has 0 nitrogen and oxygen atoms in total. The minimum Gasteiger partial charge on any atom is -0.132 e. The van der Waals surface area contributed by atoms with Crippen LogP contribution in [-0.2, 0) is 0 Å². The number of alkyl halides is 1. The van der Waals surface area contributed by atoms with Gasteiger partial charge in [0.25, 0.3) is 0 Å². The minimum absolute atomic E-state index is 0.211. The molecule has 0 amide bonds. The average Bonchev–Trinajstić information content (AvgIpc) is 2.59. The normalized spacial score (nSPS) is 13.1. The number of halogens is 2. The predicted octanol–water partition coefficient (Wildman–Crippen LogP) is 5.76. The molecule has 80 valence electrons. The van der Waals surface area contributed by atoms with E-state index in [1.807, 2.05) is 0 Å². The second-order valence-electron chi connectivity index (χ2n) is 3.46. The number of thiophene rings is 1. The lowest BCUT2D eigenvalue weighted by Gasteiger charge is -2.05. The van der Waals surface area contributed by atoms with Gasteiger partial charge in [-0.15, -0.1) is 22.9 Å². The van der Waals surface area contributed by atoms with E-state index in [4.69, 9.17) is 11.6 Å². The van der Waals surface area contributed by atoms with E-state index in [0.717, 1.165) is 6.42 Å². The van der Waals surface area contributed by atoms with E-state index >= 15 is 0 Å². The Morgan fingerprint density at radius 1 is 1.36 bits per heavy atom. The summed E-state index contributed by atoms with van der Waals surface area (Å²) in [7, 11) is 0. The number of rotatable bonds is 6. The summed E-state index contributed by atoms with van der Waals surface area (Å²) in [6.07, 6.45) is 6.29. The highest BCUT2D eigenvalue weighted by molar-refractivity contribution is 9.11. The van der Waals surface area contributed by atoms with E-state index in [1.165, 1.54) is 34.3 Å². The molecule has 14 heavy (non-hydrogen) atoms. The van der Waals surface area contributed by atoms with Gasteiger partial charge in [0.15, 0.2) is 0 Å². The first kappa shape index (κ1) is 12.5. The summed E-state index contributed by atoms with van der Waals surface area (Å²) in [5.41, 5.74) is 0. The molecule has 0 saturated heterocycles. The van der Waals surface area contributed by atoms with Crippen LogP contribution in [0.25, 0.3) is 0 Å². The molecular formula is C11H16BrClS. The highest BCUT2D eigenvalue weighted by Crippen LogP contribution is 2.34. The minimum atomic E-state index is 0.211. The van der Waals surface area contributed by atoms with Gasteiger partial charge in [0.1, 0.15) is 0 Å². The third-order valence-electron chi connectivity index (χ3n) is 2.21. The van der Waals surface area contributed by atoms with Crippen molar-refractivity contribution >= 4 is 38.9 Å². The molecule has 0 aliphatic carbocycles. The van der Waals surface area contributed by atoms with Gasteiger partial charge in [-0.3, -0.25) is 0 Å². The predicted molar refractivity (Wildman–Crippen MR) is 69.4 cm³/mol. The van der Waals surface area contributed by atoms with Crippen molar-refractivity contribution in [2.45, 2.75) is 44.4 Å². The van der Waals surface area contributed by atoms with Crippen LogP contribution >= 0.6 is 38.9 Å². The fourth-order valence-electron chi connectivity index (χ4n) is 1.39. The Labute approximate surface area is 104 Å². The molecule has 1 aromatic heterocycles. The van der Waals surface area contributed by atoms with Crippen molar-refractivity contribution < 1.29 is 0 Å². The van der Waals surface area contributed by atoms with Crippen LogP contribution in [0.15, 0.2) is 15.9 Å². The van der Waals surface area contributed by atoms with Gasteiger partial charge < -0.3 is 0 Å². The summed E-state index contributed by atoms with van der Waals surface area (Å²) in [5, 5.41) is 0.211. The molecular weight excluding hydrogens is 280 g/mol.